The molecule has 112 valence electrons. The van der Waals surface area contributed by atoms with Gasteiger partial charge >= 0.3 is 0 Å². The van der Waals surface area contributed by atoms with Crippen molar-refractivity contribution in [3.8, 4) is 0 Å². The van der Waals surface area contributed by atoms with Gasteiger partial charge in [-0.15, -0.1) is 0 Å². The number of aromatic nitrogens is 1. The van der Waals surface area contributed by atoms with Gasteiger partial charge in [-0.05, 0) is 12.3 Å². The van der Waals surface area contributed by atoms with Gasteiger partial charge in [-0.2, -0.15) is 0 Å². The molecule has 1 aromatic rings. The Balaban J connectivity index is 1.82. The first-order valence-electron chi connectivity index (χ1n) is 7.19. The first-order valence-corrected chi connectivity index (χ1v) is 7.19. The Bertz CT molecular complexity index is 445. The number of carbonyl (C=O) groups excluding carboxylic acids is 1. The molecular formula is C14H23N3O3. The minimum atomic E-state index is -0.0757. The molecule has 20 heavy (non-hydrogen) atoms. The number of anilines is 1. The van der Waals surface area contributed by atoms with Crippen LogP contribution in [0.1, 0.15) is 38.8 Å². The van der Waals surface area contributed by atoms with Gasteiger partial charge < -0.3 is 9.26 Å². The van der Waals surface area contributed by atoms with Crippen LogP contribution in [0.5, 0.6) is 0 Å². The van der Waals surface area contributed by atoms with Crippen LogP contribution >= 0.6 is 0 Å². The second-order valence-corrected chi connectivity index (χ2v) is 5.46. The highest BCUT2D eigenvalue weighted by Crippen LogP contribution is 2.17. The molecule has 1 aromatic heterocycles. The lowest BCUT2D eigenvalue weighted by Crippen LogP contribution is -2.45. The number of rotatable bonds is 5. The van der Waals surface area contributed by atoms with Gasteiger partial charge in [0.15, 0.2) is 0 Å². The van der Waals surface area contributed by atoms with E-state index in [1.807, 2.05) is 13.8 Å². The van der Waals surface area contributed by atoms with E-state index >= 15 is 0 Å². The topological polar surface area (TPSA) is 67.6 Å². The summed E-state index contributed by atoms with van der Waals surface area (Å²) in [6.45, 7) is 8.79. The molecule has 1 amide bonds. The van der Waals surface area contributed by atoms with Gasteiger partial charge in [0.05, 0.1) is 24.9 Å². The largest absolute Gasteiger partial charge is 0.376 e. The molecule has 0 saturated carbocycles. The quantitative estimate of drug-likeness (QED) is 0.892. The van der Waals surface area contributed by atoms with Gasteiger partial charge in [-0.25, -0.2) is 0 Å². The highest BCUT2D eigenvalue weighted by atomic mass is 16.5. The van der Waals surface area contributed by atoms with Crippen LogP contribution in [0.15, 0.2) is 10.6 Å². The maximum atomic E-state index is 12.0. The summed E-state index contributed by atoms with van der Waals surface area (Å²) in [5.41, 5.74) is 0.845. The average molecular weight is 281 g/mol. The monoisotopic (exact) mass is 281 g/mol. The third-order valence-electron chi connectivity index (χ3n) is 3.43. The second kappa shape index (κ2) is 6.85. The van der Waals surface area contributed by atoms with Crippen LogP contribution in [-0.2, 0) is 9.53 Å². The fourth-order valence-corrected chi connectivity index (χ4v) is 2.17. The normalized spacial score (nSPS) is 20.3. The number of morpholine rings is 1. The highest BCUT2D eigenvalue weighted by molar-refractivity contribution is 5.90. The van der Waals surface area contributed by atoms with Crippen LogP contribution in [0, 0.1) is 0 Å². The van der Waals surface area contributed by atoms with Crippen LogP contribution < -0.4 is 5.32 Å². The molecule has 1 saturated heterocycles. The number of hydrogen-bond acceptors (Lipinski definition) is 5. The zero-order valence-corrected chi connectivity index (χ0v) is 12.4. The summed E-state index contributed by atoms with van der Waals surface area (Å²) in [5.74, 6) is 0.626. The summed E-state index contributed by atoms with van der Waals surface area (Å²) in [6.07, 6.45) is 1.20. The van der Waals surface area contributed by atoms with E-state index in [0.717, 1.165) is 25.2 Å². The number of carbonyl (C=O) groups is 1. The van der Waals surface area contributed by atoms with E-state index in [-0.39, 0.29) is 17.9 Å². The third-order valence-corrected chi connectivity index (χ3v) is 3.43. The molecular weight excluding hydrogens is 258 g/mol. The Morgan fingerprint density at radius 2 is 2.40 bits per heavy atom. The maximum absolute atomic E-state index is 12.0. The zero-order chi connectivity index (χ0) is 14.5. The van der Waals surface area contributed by atoms with Gasteiger partial charge in [-0.1, -0.05) is 25.9 Å². The van der Waals surface area contributed by atoms with Crippen molar-refractivity contribution >= 4 is 11.8 Å². The van der Waals surface area contributed by atoms with Crippen molar-refractivity contribution in [3.05, 3.63) is 11.8 Å². The van der Waals surface area contributed by atoms with E-state index in [4.69, 9.17) is 9.26 Å². The van der Waals surface area contributed by atoms with Gasteiger partial charge in [0.1, 0.15) is 0 Å². The molecule has 6 nitrogen and oxygen atoms in total. The lowest BCUT2D eigenvalue weighted by atomic mass is 10.1. The molecule has 0 aliphatic carbocycles. The number of nitrogens with one attached hydrogen (secondary N) is 1. The minimum absolute atomic E-state index is 0.0757. The predicted octanol–water partition coefficient (Wildman–Crippen LogP) is 1.85. The lowest BCUT2D eigenvalue weighted by molar-refractivity contribution is -0.119. The van der Waals surface area contributed by atoms with Crippen molar-refractivity contribution in [1.29, 1.82) is 0 Å². The molecule has 0 aromatic carbocycles. The van der Waals surface area contributed by atoms with Crippen LogP contribution in [0.2, 0.25) is 0 Å². The number of amides is 1. The summed E-state index contributed by atoms with van der Waals surface area (Å²) in [6, 6.07) is 1.77. The number of ether oxygens (including phenoxy) is 1. The zero-order valence-electron chi connectivity index (χ0n) is 12.4. The minimum Gasteiger partial charge on any atom is -0.376 e. The van der Waals surface area contributed by atoms with E-state index in [1.54, 1.807) is 6.07 Å². The average Bonchev–Trinajstić information content (AvgIpc) is 2.87. The van der Waals surface area contributed by atoms with E-state index < -0.39 is 0 Å². The molecule has 2 heterocycles. The Labute approximate surface area is 119 Å². The predicted molar refractivity (Wildman–Crippen MR) is 75.7 cm³/mol. The van der Waals surface area contributed by atoms with Crippen LogP contribution in [0.3, 0.4) is 0 Å². The number of hydrogen-bond donors (Lipinski definition) is 1. The standard InChI is InChI=1S/C14H23N3O3/c1-4-11-8-17(5-6-19-11)9-13(18)15-14-7-12(10(2)3)16-20-14/h7,10-11H,4-6,8-9H2,1-3H3,(H,15,18)/t11-/m1/s1. The third kappa shape index (κ3) is 4.05. The van der Waals surface area contributed by atoms with E-state index in [9.17, 15) is 4.79 Å². The Hall–Kier alpha value is -1.40. The molecule has 1 fully saturated rings. The van der Waals surface area contributed by atoms with Crippen LogP contribution in [0.25, 0.3) is 0 Å². The summed E-state index contributed by atoms with van der Waals surface area (Å²) < 4.78 is 10.7. The van der Waals surface area contributed by atoms with E-state index in [1.165, 1.54) is 0 Å². The van der Waals surface area contributed by atoms with Crippen molar-refractivity contribution in [3.63, 3.8) is 0 Å². The first-order chi connectivity index (χ1) is 9.58. The smallest absolute Gasteiger partial charge is 0.240 e. The second-order valence-electron chi connectivity index (χ2n) is 5.46. The molecule has 1 aliphatic heterocycles. The van der Waals surface area contributed by atoms with Crippen molar-refractivity contribution in [2.24, 2.45) is 0 Å². The molecule has 0 bridgehead atoms. The van der Waals surface area contributed by atoms with Gasteiger partial charge in [0.2, 0.25) is 11.8 Å². The van der Waals surface area contributed by atoms with Crippen molar-refractivity contribution < 1.29 is 14.1 Å². The van der Waals surface area contributed by atoms with Crippen molar-refractivity contribution in [1.82, 2.24) is 10.1 Å². The molecule has 0 unspecified atom stereocenters. The summed E-state index contributed by atoms with van der Waals surface area (Å²) in [7, 11) is 0. The van der Waals surface area contributed by atoms with Crippen molar-refractivity contribution in [2.75, 3.05) is 31.6 Å². The Morgan fingerprint density at radius 3 is 3.05 bits per heavy atom. The Kier molecular flexibility index (Phi) is 5.14. The molecule has 1 N–H and O–H groups in total. The van der Waals surface area contributed by atoms with E-state index in [0.29, 0.717) is 19.0 Å². The lowest BCUT2D eigenvalue weighted by Gasteiger charge is -2.31. The SMILES string of the molecule is CC[C@@H]1CN(CC(=O)Nc2cc(C(C)C)no2)CCO1. The number of nitrogens with zero attached hydrogens (tertiary/aromatic N) is 2. The van der Waals surface area contributed by atoms with Gasteiger partial charge in [-0.3, -0.25) is 15.0 Å². The molecule has 1 aliphatic rings. The molecule has 0 radical (unpaired) electrons. The van der Waals surface area contributed by atoms with Gasteiger partial charge in [0.25, 0.3) is 0 Å². The van der Waals surface area contributed by atoms with Gasteiger partial charge in [0, 0.05) is 19.2 Å². The summed E-state index contributed by atoms with van der Waals surface area (Å²) in [4.78, 5) is 14.1. The summed E-state index contributed by atoms with van der Waals surface area (Å²) >= 11 is 0. The van der Waals surface area contributed by atoms with Crippen LogP contribution in [-0.4, -0.2) is 48.3 Å². The molecule has 2 rings (SSSR count). The van der Waals surface area contributed by atoms with Crippen molar-refractivity contribution in [2.45, 2.75) is 39.2 Å². The fraction of sp³-hybridized carbons (Fsp3) is 0.714. The maximum Gasteiger partial charge on any atom is 0.240 e. The fourth-order valence-electron chi connectivity index (χ4n) is 2.17. The Morgan fingerprint density at radius 1 is 1.60 bits per heavy atom. The molecule has 0 spiro atoms. The highest BCUT2D eigenvalue weighted by Gasteiger charge is 2.21. The van der Waals surface area contributed by atoms with E-state index in [2.05, 4.69) is 22.3 Å². The first kappa shape index (κ1) is 15.0. The summed E-state index contributed by atoms with van der Waals surface area (Å²) in [5, 5.41) is 6.66. The molecule has 1 atom stereocenters. The van der Waals surface area contributed by atoms with Crippen LogP contribution in [0.4, 0.5) is 5.88 Å². The molecule has 6 heteroatoms.